The molecule has 0 saturated heterocycles. The van der Waals surface area contributed by atoms with Crippen LogP contribution in [0, 0.1) is 0 Å². The van der Waals surface area contributed by atoms with E-state index in [0.717, 1.165) is 12.1 Å². The monoisotopic (exact) mass is 363 g/mol. The SMILES string of the molecule is Nc1cccnc1Nc1cnc(Oc2cccc(OC(F)(F)F)c2)nc1. The molecule has 0 bridgehead atoms. The summed E-state index contributed by atoms with van der Waals surface area (Å²) in [5, 5.41) is 2.94. The summed E-state index contributed by atoms with van der Waals surface area (Å²) in [4.78, 5) is 12.0. The summed E-state index contributed by atoms with van der Waals surface area (Å²) in [6.45, 7) is 0. The molecule has 0 fully saturated rings. The minimum absolute atomic E-state index is 0.0475. The summed E-state index contributed by atoms with van der Waals surface area (Å²) >= 11 is 0. The quantitative estimate of drug-likeness (QED) is 0.710. The van der Waals surface area contributed by atoms with Crippen LogP contribution in [0.4, 0.5) is 30.4 Å². The van der Waals surface area contributed by atoms with Gasteiger partial charge in [0.05, 0.1) is 23.8 Å². The Hall–Kier alpha value is -3.56. The van der Waals surface area contributed by atoms with Gasteiger partial charge in [0.25, 0.3) is 0 Å². The maximum absolute atomic E-state index is 12.2. The van der Waals surface area contributed by atoms with Crippen LogP contribution in [0.1, 0.15) is 0 Å². The highest BCUT2D eigenvalue weighted by Gasteiger charge is 2.31. The number of ether oxygens (including phenoxy) is 2. The lowest BCUT2D eigenvalue weighted by Gasteiger charge is -2.10. The Labute approximate surface area is 145 Å². The fourth-order valence-corrected chi connectivity index (χ4v) is 1.93. The second-order valence-electron chi connectivity index (χ2n) is 4.95. The number of benzene rings is 1. The van der Waals surface area contributed by atoms with Crippen LogP contribution < -0.4 is 20.5 Å². The minimum atomic E-state index is -4.78. The highest BCUT2D eigenvalue weighted by Crippen LogP contribution is 2.28. The number of nitrogens with zero attached hydrogens (tertiary/aromatic N) is 3. The van der Waals surface area contributed by atoms with Crippen molar-refractivity contribution in [2.45, 2.75) is 6.36 Å². The molecule has 26 heavy (non-hydrogen) atoms. The van der Waals surface area contributed by atoms with Crippen LogP contribution >= 0.6 is 0 Å². The molecule has 7 nitrogen and oxygen atoms in total. The van der Waals surface area contributed by atoms with E-state index in [9.17, 15) is 13.2 Å². The van der Waals surface area contributed by atoms with Crippen LogP contribution in [0.15, 0.2) is 55.0 Å². The van der Waals surface area contributed by atoms with Gasteiger partial charge in [0.1, 0.15) is 11.5 Å². The fourth-order valence-electron chi connectivity index (χ4n) is 1.93. The predicted octanol–water partition coefficient (Wildman–Crippen LogP) is 3.89. The molecule has 10 heteroatoms. The molecule has 0 aliphatic heterocycles. The molecule has 0 radical (unpaired) electrons. The second kappa shape index (κ2) is 7.13. The van der Waals surface area contributed by atoms with Crippen LogP contribution in [-0.2, 0) is 0 Å². The van der Waals surface area contributed by atoms with E-state index in [2.05, 4.69) is 25.0 Å². The minimum Gasteiger partial charge on any atom is -0.424 e. The molecular formula is C16H12F3N5O2. The normalized spacial score (nSPS) is 11.0. The summed E-state index contributed by atoms with van der Waals surface area (Å²) in [6, 6.07) is 8.38. The van der Waals surface area contributed by atoms with Crippen molar-refractivity contribution in [2.24, 2.45) is 0 Å². The van der Waals surface area contributed by atoms with E-state index >= 15 is 0 Å². The summed E-state index contributed by atoms with van der Waals surface area (Å²) in [6.07, 6.45) is -0.359. The molecule has 1 aromatic carbocycles. The summed E-state index contributed by atoms with van der Waals surface area (Å²) < 4.78 is 45.9. The molecule has 0 spiro atoms. The maximum atomic E-state index is 12.2. The molecule has 134 valence electrons. The Morgan fingerprint density at radius 3 is 2.38 bits per heavy atom. The first-order chi connectivity index (χ1) is 12.4. The number of aromatic nitrogens is 3. The molecule has 3 rings (SSSR count). The van der Waals surface area contributed by atoms with Crippen molar-refractivity contribution in [1.82, 2.24) is 15.0 Å². The van der Waals surface area contributed by atoms with Crippen LogP contribution in [0.25, 0.3) is 0 Å². The molecule has 0 atom stereocenters. The van der Waals surface area contributed by atoms with E-state index in [4.69, 9.17) is 10.5 Å². The van der Waals surface area contributed by atoms with Gasteiger partial charge in [-0.05, 0) is 24.3 Å². The molecule has 0 aliphatic rings. The zero-order chi connectivity index (χ0) is 18.6. The highest BCUT2D eigenvalue weighted by atomic mass is 19.4. The Bertz CT molecular complexity index is 888. The number of halogens is 3. The summed E-state index contributed by atoms with van der Waals surface area (Å²) in [7, 11) is 0. The molecule has 2 heterocycles. The van der Waals surface area contributed by atoms with Crippen molar-refractivity contribution >= 4 is 17.2 Å². The van der Waals surface area contributed by atoms with Gasteiger partial charge in [0, 0.05) is 12.3 Å². The van der Waals surface area contributed by atoms with Crippen molar-refractivity contribution in [3.8, 4) is 17.5 Å². The Balaban J connectivity index is 1.68. The molecule has 0 unspecified atom stereocenters. The largest absolute Gasteiger partial charge is 0.573 e. The highest BCUT2D eigenvalue weighted by molar-refractivity contribution is 5.67. The Morgan fingerprint density at radius 1 is 0.962 bits per heavy atom. The van der Waals surface area contributed by atoms with E-state index in [0.29, 0.717) is 17.2 Å². The Kier molecular flexibility index (Phi) is 4.74. The molecule has 0 amide bonds. The molecule has 3 aromatic rings. The first kappa shape index (κ1) is 17.3. The number of nitrogen functional groups attached to an aromatic ring is 1. The van der Waals surface area contributed by atoms with Gasteiger partial charge >= 0.3 is 12.4 Å². The van der Waals surface area contributed by atoms with E-state index in [1.165, 1.54) is 24.5 Å². The van der Waals surface area contributed by atoms with E-state index in [1.807, 2.05) is 0 Å². The van der Waals surface area contributed by atoms with Crippen LogP contribution in [-0.4, -0.2) is 21.3 Å². The van der Waals surface area contributed by atoms with Crippen LogP contribution in [0.5, 0.6) is 17.5 Å². The first-order valence-electron chi connectivity index (χ1n) is 7.22. The number of pyridine rings is 1. The molecule has 0 aliphatic carbocycles. The Morgan fingerprint density at radius 2 is 1.69 bits per heavy atom. The van der Waals surface area contributed by atoms with Crippen molar-refractivity contribution in [1.29, 1.82) is 0 Å². The topological polar surface area (TPSA) is 95.2 Å². The average Bonchev–Trinajstić information content (AvgIpc) is 2.57. The van der Waals surface area contributed by atoms with Gasteiger partial charge in [-0.15, -0.1) is 13.2 Å². The van der Waals surface area contributed by atoms with Gasteiger partial charge in [-0.25, -0.2) is 15.0 Å². The standard InChI is InChI=1S/C16H12F3N5O2/c17-16(18,19)26-12-4-1-3-11(7-12)25-15-22-8-10(9-23-15)24-14-13(20)5-2-6-21-14/h1-9H,20H2,(H,21,24). The second-order valence-corrected chi connectivity index (χ2v) is 4.95. The summed E-state index contributed by atoms with van der Waals surface area (Å²) in [5.41, 5.74) is 6.74. The van der Waals surface area contributed by atoms with Crippen molar-refractivity contribution in [3.05, 3.63) is 55.0 Å². The molecule has 0 saturated carbocycles. The third-order valence-electron chi connectivity index (χ3n) is 2.98. The van der Waals surface area contributed by atoms with Gasteiger partial charge in [-0.1, -0.05) is 6.07 Å². The fraction of sp³-hybridized carbons (Fsp3) is 0.0625. The van der Waals surface area contributed by atoms with E-state index in [1.54, 1.807) is 18.3 Å². The van der Waals surface area contributed by atoms with Crippen molar-refractivity contribution < 1.29 is 22.6 Å². The number of hydrogen-bond acceptors (Lipinski definition) is 7. The molecular weight excluding hydrogens is 351 g/mol. The third-order valence-corrected chi connectivity index (χ3v) is 2.98. The number of rotatable bonds is 5. The molecule has 2 aromatic heterocycles. The third kappa shape index (κ3) is 4.72. The van der Waals surface area contributed by atoms with E-state index < -0.39 is 12.1 Å². The average molecular weight is 363 g/mol. The maximum Gasteiger partial charge on any atom is 0.573 e. The molecule has 3 N–H and O–H groups in total. The van der Waals surface area contributed by atoms with Crippen LogP contribution in [0.2, 0.25) is 0 Å². The van der Waals surface area contributed by atoms with Crippen molar-refractivity contribution in [2.75, 3.05) is 11.1 Å². The lowest BCUT2D eigenvalue weighted by molar-refractivity contribution is -0.274. The van der Waals surface area contributed by atoms with Gasteiger partial charge in [-0.2, -0.15) is 0 Å². The zero-order valence-electron chi connectivity index (χ0n) is 13.1. The number of alkyl halides is 3. The van der Waals surface area contributed by atoms with E-state index in [-0.39, 0.29) is 11.8 Å². The lowest BCUT2D eigenvalue weighted by Crippen LogP contribution is -2.17. The van der Waals surface area contributed by atoms with Crippen LogP contribution in [0.3, 0.4) is 0 Å². The first-order valence-corrected chi connectivity index (χ1v) is 7.22. The summed E-state index contributed by atoms with van der Waals surface area (Å²) in [5.74, 6) is 0.141. The number of hydrogen-bond donors (Lipinski definition) is 2. The van der Waals surface area contributed by atoms with Gasteiger partial charge in [0.15, 0.2) is 5.82 Å². The number of nitrogens with one attached hydrogen (secondary N) is 1. The van der Waals surface area contributed by atoms with Gasteiger partial charge < -0.3 is 20.5 Å². The van der Waals surface area contributed by atoms with Gasteiger partial charge in [-0.3, -0.25) is 0 Å². The zero-order valence-corrected chi connectivity index (χ0v) is 13.1. The number of anilines is 3. The smallest absolute Gasteiger partial charge is 0.424 e. The van der Waals surface area contributed by atoms with Crippen molar-refractivity contribution in [3.63, 3.8) is 0 Å². The lowest BCUT2D eigenvalue weighted by atomic mass is 10.3. The van der Waals surface area contributed by atoms with Gasteiger partial charge in [0.2, 0.25) is 0 Å². The predicted molar refractivity (Wildman–Crippen MR) is 87.2 cm³/mol. The number of nitrogens with two attached hydrogens (primary N) is 1.